The standard InChI is InChI=1S/C20H28N4.ClH/c1-21-13-17-7-6-12-24(15-17)16-18-10-11-20(22-14-18)23(2)19-8-4-3-5-9-19;/h3-5,8-11,14,17,21H,6-7,12-13,15-16H2,1-2H3;1H. The van der Waals surface area contributed by atoms with Crippen LogP contribution >= 0.6 is 12.4 Å². The number of para-hydroxylation sites is 1. The van der Waals surface area contributed by atoms with Gasteiger partial charge in [0.05, 0.1) is 0 Å². The van der Waals surface area contributed by atoms with E-state index in [9.17, 15) is 0 Å². The number of nitrogens with zero attached hydrogens (tertiary/aromatic N) is 3. The molecule has 1 N–H and O–H groups in total. The minimum Gasteiger partial charge on any atom is -0.329 e. The van der Waals surface area contributed by atoms with Gasteiger partial charge in [0.25, 0.3) is 0 Å². The Kier molecular flexibility index (Phi) is 7.69. The molecule has 0 aliphatic carbocycles. The Hall–Kier alpha value is -1.62. The first-order valence-corrected chi connectivity index (χ1v) is 8.87. The van der Waals surface area contributed by atoms with Crippen molar-refractivity contribution < 1.29 is 0 Å². The van der Waals surface area contributed by atoms with Crippen LogP contribution < -0.4 is 10.2 Å². The molecule has 2 heterocycles. The highest BCUT2D eigenvalue weighted by molar-refractivity contribution is 5.85. The van der Waals surface area contributed by atoms with E-state index in [2.05, 4.69) is 63.5 Å². The number of piperidine rings is 1. The number of likely N-dealkylation sites (tertiary alicyclic amines) is 1. The summed E-state index contributed by atoms with van der Waals surface area (Å²) in [5.41, 5.74) is 2.45. The van der Waals surface area contributed by atoms with Crippen molar-refractivity contribution in [2.24, 2.45) is 5.92 Å². The van der Waals surface area contributed by atoms with Crippen LogP contribution in [-0.2, 0) is 6.54 Å². The third-order valence-corrected chi connectivity index (χ3v) is 4.80. The van der Waals surface area contributed by atoms with E-state index in [4.69, 9.17) is 0 Å². The lowest BCUT2D eigenvalue weighted by Crippen LogP contribution is -2.38. The Morgan fingerprint density at radius 2 is 2.00 bits per heavy atom. The molecule has 5 heteroatoms. The van der Waals surface area contributed by atoms with E-state index in [0.29, 0.717) is 0 Å². The van der Waals surface area contributed by atoms with E-state index >= 15 is 0 Å². The molecule has 3 rings (SSSR count). The molecule has 1 aliphatic heterocycles. The van der Waals surface area contributed by atoms with Gasteiger partial charge in [-0.2, -0.15) is 0 Å². The van der Waals surface area contributed by atoms with Crippen LogP contribution in [0.15, 0.2) is 48.7 Å². The molecule has 0 bridgehead atoms. The summed E-state index contributed by atoms with van der Waals surface area (Å²) in [7, 11) is 4.11. The van der Waals surface area contributed by atoms with Crippen LogP contribution in [0.5, 0.6) is 0 Å². The van der Waals surface area contributed by atoms with Crippen molar-refractivity contribution in [3.63, 3.8) is 0 Å². The molecule has 1 unspecified atom stereocenters. The van der Waals surface area contributed by atoms with Crippen LogP contribution in [-0.4, -0.2) is 43.6 Å². The van der Waals surface area contributed by atoms with Crippen LogP contribution in [0.4, 0.5) is 11.5 Å². The van der Waals surface area contributed by atoms with Gasteiger partial charge < -0.3 is 10.2 Å². The normalized spacial score (nSPS) is 17.8. The van der Waals surface area contributed by atoms with E-state index in [1.165, 1.54) is 31.5 Å². The number of nitrogens with one attached hydrogen (secondary N) is 1. The number of hydrogen-bond donors (Lipinski definition) is 1. The Morgan fingerprint density at radius 1 is 1.20 bits per heavy atom. The second-order valence-electron chi connectivity index (χ2n) is 6.72. The molecule has 0 saturated carbocycles. The van der Waals surface area contributed by atoms with Crippen LogP contribution in [0.3, 0.4) is 0 Å². The summed E-state index contributed by atoms with van der Waals surface area (Å²) < 4.78 is 0. The first-order chi connectivity index (χ1) is 11.8. The zero-order valence-corrected chi connectivity index (χ0v) is 16.0. The van der Waals surface area contributed by atoms with Crippen LogP contribution in [0.25, 0.3) is 0 Å². The molecular formula is C20H29ClN4. The molecule has 0 spiro atoms. The van der Waals surface area contributed by atoms with Gasteiger partial charge in [-0.1, -0.05) is 24.3 Å². The van der Waals surface area contributed by atoms with Gasteiger partial charge in [-0.25, -0.2) is 4.98 Å². The number of halogens is 1. The van der Waals surface area contributed by atoms with Gasteiger partial charge in [0.1, 0.15) is 5.82 Å². The predicted octanol–water partition coefficient (Wildman–Crippen LogP) is 3.70. The molecule has 2 aromatic rings. The molecular weight excluding hydrogens is 332 g/mol. The minimum absolute atomic E-state index is 0. The zero-order chi connectivity index (χ0) is 16.8. The smallest absolute Gasteiger partial charge is 0.132 e. The number of benzene rings is 1. The fourth-order valence-corrected chi connectivity index (χ4v) is 3.50. The average Bonchev–Trinajstić information content (AvgIpc) is 2.63. The third kappa shape index (κ3) is 5.43. The lowest BCUT2D eigenvalue weighted by Gasteiger charge is -2.32. The van der Waals surface area contributed by atoms with Gasteiger partial charge in [-0.15, -0.1) is 12.4 Å². The number of rotatable bonds is 6. The fourth-order valence-electron chi connectivity index (χ4n) is 3.50. The molecule has 0 amide bonds. The molecule has 25 heavy (non-hydrogen) atoms. The molecule has 1 aromatic heterocycles. The van der Waals surface area contributed by atoms with Crippen LogP contribution in [0.1, 0.15) is 18.4 Å². The van der Waals surface area contributed by atoms with Gasteiger partial charge in [0.2, 0.25) is 0 Å². The second-order valence-corrected chi connectivity index (χ2v) is 6.72. The van der Waals surface area contributed by atoms with Crippen LogP contribution in [0.2, 0.25) is 0 Å². The van der Waals surface area contributed by atoms with E-state index in [0.717, 1.165) is 30.5 Å². The summed E-state index contributed by atoms with van der Waals surface area (Å²) in [5.74, 6) is 1.76. The monoisotopic (exact) mass is 360 g/mol. The topological polar surface area (TPSA) is 31.4 Å². The van der Waals surface area contributed by atoms with Gasteiger partial charge in [0, 0.05) is 32.0 Å². The van der Waals surface area contributed by atoms with Crippen LogP contribution in [0, 0.1) is 5.92 Å². The second kappa shape index (κ2) is 9.76. The maximum Gasteiger partial charge on any atom is 0.132 e. The fraction of sp³-hybridized carbons (Fsp3) is 0.450. The lowest BCUT2D eigenvalue weighted by atomic mass is 9.98. The largest absolute Gasteiger partial charge is 0.329 e. The Labute approximate surface area is 157 Å². The summed E-state index contributed by atoms with van der Waals surface area (Å²) in [6, 6.07) is 14.7. The number of aromatic nitrogens is 1. The van der Waals surface area contributed by atoms with Crippen molar-refractivity contribution in [1.82, 2.24) is 15.2 Å². The molecule has 1 aliphatic rings. The zero-order valence-electron chi connectivity index (χ0n) is 15.2. The third-order valence-electron chi connectivity index (χ3n) is 4.80. The van der Waals surface area contributed by atoms with Crippen molar-refractivity contribution in [1.29, 1.82) is 0 Å². The maximum atomic E-state index is 4.66. The summed E-state index contributed by atoms with van der Waals surface area (Å²) in [6.07, 6.45) is 4.67. The lowest BCUT2D eigenvalue weighted by molar-refractivity contribution is 0.166. The van der Waals surface area contributed by atoms with Crippen molar-refractivity contribution in [3.8, 4) is 0 Å². The summed E-state index contributed by atoms with van der Waals surface area (Å²) in [4.78, 5) is 9.34. The van der Waals surface area contributed by atoms with Gasteiger partial charge in [-0.05, 0) is 62.7 Å². The molecule has 4 nitrogen and oxygen atoms in total. The van der Waals surface area contributed by atoms with E-state index in [1.807, 2.05) is 19.3 Å². The minimum atomic E-state index is 0. The number of anilines is 2. The predicted molar refractivity (Wildman–Crippen MR) is 108 cm³/mol. The van der Waals surface area contributed by atoms with Crippen molar-refractivity contribution in [2.75, 3.05) is 38.6 Å². The Morgan fingerprint density at radius 3 is 2.68 bits per heavy atom. The summed E-state index contributed by atoms with van der Waals surface area (Å²) in [6.45, 7) is 4.51. The van der Waals surface area contributed by atoms with E-state index in [1.54, 1.807) is 0 Å². The number of pyridine rings is 1. The molecule has 1 fully saturated rings. The highest BCUT2D eigenvalue weighted by Gasteiger charge is 2.19. The highest BCUT2D eigenvalue weighted by Crippen LogP contribution is 2.22. The highest BCUT2D eigenvalue weighted by atomic mass is 35.5. The van der Waals surface area contributed by atoms with Crippen molar-refractivity contribution in [2.45, 2.75) is 19.4 Å². The van der Waals surface area contributed by atoms with Gasteiger partial charge in [0.15, 0.2) is 0 Å². The quantitative estimate of drug-likeness (QED) is 0.851. The first kappa shape index (κ1) is 19.7. The Bertz CT molecular complexity index is 615. The SMILES string of the molecule is CNCC1CCCN(Cc2ccc(N(C)c3ccccc3)nc2)C1.Cl. The first-order valence-electron chi connectivity index (χ1n) is 8.87. The van der Waals surface area contributed by atoms with E-state index < -0.39 is 0 Å². The molecule has 1 aromatic carbocycles. The number of hydrogen-bond acceptors (Lipinski definition) is 4. The van der Waals surface area contributed by atoms with E-state index in [-0.39, 0.29) is 12.4 Å². The molecule has 0 radical (unpaired) electrons. The van der Waals surface area contributed by atoms with Crippen molar-refractivity contribution in [3.05, 3.63) is 54.2 Å². The summed E-state index contributed by atoms with van der Waals surface area (Å²) >= 11 is 0. The average molecular weight is 361 g/mol. The molecule has 1 saturated heterocycles. The molecule has 1 atom stereocenters. The summed E-state index contributed by atoms with van der Waals surface area (Å²) in [5, 5.41) is 3.31. The molecule has 136 valence electrons. The van der Waals surface area contributed by atoms with Gasteiger partial charge >= 0.3 is 0 Å². The van der Waals surface area contributed by atoms with Crippen molar-refractivity contribution >= 4 is 23.9 Å². The van der Waals surface area contributed by atoms with Gasteiger partial charge in [-0.3, -0.25) is 4.90 Å². The maximum absolute atomic E-state index is 4.66. The Balaban J connectivity index is 0.00000225.